The summed E-state index contributed by atoms with van der Waals surface area (Å²) in [5.74, 6) is -0.447. The van der Waals surface area contributed by atoms with Gasteiger partial charge in [-0.3, -0.25) is 9.59 Å². The van der Waals surface area contributed by atoms with E-state index in [9.17, 15) is 9.59 Å². The van der Waals surface area contributed by atoms with Gasteiger partial charge in [-0.2, -0.15) is 5.10 Å². The molecule has 2 heterocycles. The van der Waals surface area contributed by atoms with Gasteiger partial charge in [-0.25, -0.2) is 5.01 Å². The fourth-order valence-electron chi connectivity index (χ4n) is 6.08. The van der Waals surface area contributed by atoms with Gasteiger partial charge in [-0.1, -0.05) is 61.2 Å². The van der Waals surface area contributed by atoms with E-state index in [0.29, 0.717) is 27.6 Å². The largest absolute Gasteiger partial charge is 0.497 e. The standard InChI is InChI=1S/C34H32ClN3O3/c1-21-30(27-20-26(41-2)17-18-29(27)36-21)31(33(39)23-13-15-24(35)16-14-23)32-28(19-22-9-5-3-6-10-22)34(40)38(37-32)25-11-7-4-8-12-25/h3,5-6,9-10,13-20,25,31,36H,4,7-8,11-12H2,1-2H3. The fraction of sp³-hybridized carbons (Fsp3) is 0.265. The molecule has 41 heavy (non-hydrogen) atoms. The molecular weight excluding hydrogens is 534 g/mol. The molecule has 0 bridgehead atoms. The van der Waals surface area contributed by atoms with Crippen molar-refractivity contribution in [2.24, 2.45) is 5.10 Å². The van der Waals surface area contributed by atoms with Crippen molar-refractivity contribution in [3.63, 3.8) is 0 Å². The van der Waals surface area contributed by atoms with Crippen LogP contribution in [-0.2, 0) is 4.79 Å². The van der Waals surface area contributed by atoms with Crippen molar-refractivity contribution in [1.29, 1.82) is 0 Å². The van der Waals surface area contributed by atoms with Gasteiger partial charge in [-0.05, 0) is 79.4 Å². The summed E-state index contributed by atoms with van der Waals surface area (Å²) in [6.07, 6.45) is 6.96. The van der Waals surface area contributed by atoms with Gasteiger partial charge in [0.25, 0.3) is 5.91 Å². The molecule has 6 nitrogen and oxygen atoms in total. The number of rotatable bonds is 7. The van der Waals surface area contributed by atoms with Gasteiger partial charge in [-0.15, -0.1) is 0 Å². The van der Waals surface area contributed by atoms with Crippen LogP contribution in [0.5, 0.6) is 5.75 Å². The fourth-order valence-corrected chi connectivity index (χ4v) is 6.21. The quantitative estimate of drug-likeness (QED) is 0.184. The van der Waals surface area contributed by atoms with Crippen molar-refractivity contribution in [2.45, 2.75) is 51.0 Å². The number of hydrogen-bond donors (Lipinski definition) is 1. The zero-order valence-corrected chi connectivity index (χ0v) is 23.9. The topological polar surface area (TPSA) is 74.8 Å². The second kappa shape index (κ2) is 11.4. The number of benzene rings is 3. The van der Waals surface area contributed by atoms with Crippen molar-refractivity contribution < 1.29 is 14.3 Å². The number of ketones is 1. The van der Waals surface area contributed by atoms with Crippen LogP contribution in [0.3, 0.4) is 0 Å². The number of aromatic nitrogens is 1. The smallest absolute Gasteiger partial charge is 0.276 e. The Hall–Kier alpha value is -4.16. The normalized spacial score (nSPS) is 17.7. The number of carbonyl (C=O) groups excluding carboxylic acids is 2. The second-order valence-corrected chi connectivity index (χ2v) is 11.2. The van der Waals surface area contributed by atoms with E-state index in [4.69, 9.17) is 21.4 Å². The lowest BCUT2D eigenvalue weighted by Crippen LogP contribution is -2.35. The van der Waals surface area contributed by atoms with Crippen molar-refractivity contribution in [1.82, 2.24) is 9.99 Å². The van der Waals surface area contributed by atoms with Crippen LogP contribution in [0.1, 0.15) is 65.2 Å². The monoisotopic (exact) mass is 565 g/mol. The Bertz CT molecular complexity index is 1660. The molecule has 4 aromatic rings. The molecule has 1 atom stereocenters. The minimum absolute atomic E-state index is 0.0170. The minimum atomic E-state index is -0.829. The minimum Gasteiger partial charge on any atom is -0.497 e. The van der Waals surface area contributed by atoms with E-state index < -0.39 is 5.92 Å². The van der Waals surface area contributed by atoms with Crippen LogP contribution in [0.4, 0.5) is 0 Å². The predicted octanol–water partition coefficient (Wildman–Crippen LogP) is 7.72. The average Bonchev–Trinajstić information content (AvgIpc) is 3.50. The van der Waals surface area contributed by atoms with Gasteiger partial charge in [0.05, 0.1) is 30.4 Å². The molecule has 1 aliphatic carbocycles. The maximum atomic E-state index is 14.6. The molecule has 1 saturated carbocycles. The maximum absolute atomic E-state index is 14.6. The third-order valence-electron chi connectivity index (χ3n) is 8.16. The zero-order valence-electron chi connectivity index (χ0n) is 23.2. The molecule has 0 spiro atoms. The van der Waals surface area contributed by atoms with E-state index >= 15 is 0 Å². The highest BCUT2D eigenvalue weighted by molar-refractivity contribution is 6.36. The van der Waals surface area contributed by atoms with Gasteiger partial charge in [0.1, 0.15) is 5.75 Å². The number of aromatic amines is 1. The molecule has 6 rings (SSSR count). The highest BCUT2D eigenvalue weighted by atomic mass is 35.5. The van der Waals surface area contributed by atoms with E-state index in [2.05, 4.69) is 4.98 Å². The van der Waals surface area contributed by atoms with E-state index in [1.165, 1.54) is 0 Å². The molecule has 1 fully saturated rings. The molecule has 1 unspecified atom stereocenters. The third-order valence-corrected chi connectivity index (χ3v) is 8.41. The molecular formula is C34H32ClN3O3. The highest BCUT2D eigenvalue weighted by Crippen LogP contribution is 2.40. The van der Waals surface area contributed by atoms with Gasteiger partial charge in [0.2, 0.25) is 0 Å². The molecule has 7 heteroatoms. The van der Waals surface area contributed by atoms with Crippen LogP contribution < -0.4 is 4.74 Å². The van der Waals surface area contributed by atoms with Crippen molar-refractivity contribution >= 4 is 46.0 Å². The molecule has 1 N–H and O–H groups in total. The zero-order chi connectivity index (χ0) is 28.5. The lowest BCUT2D eigenvalue weighted by molar-refractivity contribution is -0.128. The number of nitrogens with zero attached hydrogens (tertiary/aromatic N) is 2. The first-order valence-corrected chi connectivity index (χ1v) is 14.5. The van der Waals surface area contributed by atoms with Crippen LogP contribution in [0.25, 0.3) is 17.0 Å². The Labute approximate surface area is 244 Å². The van der Waals surface area contributed by atoms with Crippen LogP contribution in [0, 0.1) is 6.92 Å². The van der Waals surface area contributed by atoms with E-state index in [1.807, 2.05) is 61.5 Å². The summed E-state index contributed by atoms with van der Waals surface area (Å²) in [6, 6.07) is 22.4. The number of Topliss-reactive ketones (excluding diaryl/α,β-unsaturated/α-hetero) is 1. The SMILES string of the molecule is COc1ccc2[nH]c(C)c(C(C(=O)c3ccc(Cl)cc3)C3=NN(C4CCCCC4)C(=O)C3=Cc3ccccc3)c2c1. The molecule has 0 saturated heterocycles. The van der Waals surface area contributed by atoms with Crippen molar-refractivity contribution in [3.8, 4) is 5.75 Å². The number of carbonyl (C=O) groups is 2. The van der Waals surface area contributed by atoms with Gasteiger partial charge < -0.3 is 9.72 Å². The lowest BCUT2D eigenvalue weighted by atomic mass is 9.82. The number of aryl methyl sites for hydroxylation is 1. The maximum Gasteiger partial charge on any atom is 0.276 e. The number of hydrogen-bond acceptors (Lipinski definition) is 4. The van der Waals surface area contributed by atoms with Crippen LogP contribution in [-0.4, -0.2) is 40.5 Å². The van der Waals surface area contributed by atoms with Gasteiger partial charge in [0, 0.05) is 27.2 Å². The molecule has 3 aromatic carbocycles. The van der Waals surface area contributed by atoms with E-state index in [0.717, 1.165) is 59.8 Å². The number of methoxy groups -OCH3 is 1. The number of ether oxygens (including phenoxy) is 1. The van der Waals surface area contributed by atoms with E-state index in [-0.39, 0.29) is 17.7 Å². The molecule has 1 amide bonds. The van der Waals surface area contributed by atoms with Crippen molar-refractivity contribution in [2.75, 3.05) is 7.11 Å². The first-order chi connectivity index (χ1) is 19.9. The number of nitrogens with one attached hydrogen (secondary N) is 1. The van der Waals surface area contributed by atoms with E-state index in [1.54, 1.807) is 36.4 Å². The molecule has 208 valence electrons. The molecule has 1 aromatic heterocycles. The van der Waals surface area contributed by atoms with Crippen LogP contribution >= 0.6 is 11.6 Å². The Morgan fingerprint density at radius 3 is 2.49 bits per heavy atom. The summed E-state index contributed by atoms with van der Waals surface area (Å²) < 4.78 is 5.55. The number of halogens is 1. The Morgan fingerprint density at radius 1 is 1.05 bits per heavy atom. The summed E-state index contributed by atoms with van der Waals surface area (Å²) in [5.41, 5.74) is 4.81. The molecule has 0 radical (unpaired) electrons. The number of H-pyrrole nitrogens is 1. The lowest BCUT2D eigenvalue weighted by Gasteiger charge is -2.27. The Balaban J connectivity index is 1.58. The number of amides is 1. The van der Waals surface area contributed by atoms with Gasteiger partial charge in [0.15, 0.2) is 5.78 Å². The third kappa shape index (κ3) is 5.20. The summed E-state index contributed by atoms with van der Waals surface area (Å²) in [6.45, 7) is 1.96. The summed E-state index contributed by atoms with van der Waals surface area (Å²) in [5, 5.41) is 8.08. The summed E-state index contributed by atoms with van der Waals surface area (Å²) in [4.78, 5) is 32.1. The Kier molecular flexibility index (Phi) is 7.50. The average molecular weight is 566 g/mol. The molecule has 1 aliphatic heterocycles. The number of hydrazone groups is 1. The first-order valence-electron chi connectivity index (χ1n) is 14.1. The van der Waals surface area contributed by atoms with Gasteiger partial charge >= 0.3 is 0 Å². The predicted molar refractivity (Wildman–Crippen MR) is 164 cm³/mol. The van der Waals surface area contributed by atoms with Crippen LogP contribution in [0.2, 0.25) is 5.02 Å². The summed E-state index contributed by atoms with van der Waals surface area (Å²) in [7, 11) is 1.62. The molecule has 2 aliphatic rings. The Morgan fingerprint density at radius 2 is 1.78 bits per heavy atom. The second-order valence-electron chi connectivity index (χ2n) is 10.8. The van der Waals surface area contributed by atoms with Crippen molar-refractivity contribution in [3.05, 3.63) is 106 Å². The number of fused-ring (bicyclic) bond motifs is 1. The summed E-state index contributed by atoms with van der Waals surface area (Å²) >= 11 is 6.18. The highest BCUT2D eigenvalue weighted by Gasteiger charge is 2.42. The van der Waals surface area contributed by atoms with Crippen LogP contribution in [0.15, 0.2) is 83.5 Å². The first kappa shape index (κ1) is 27.0.